The van der Waals surface area contributed by atoms with Gasteiger partial charge in [-0.3, -0.25) is 10.1 Å². The molecule has 1 aliphatic rings. The topological polar surface area (TPSA) is 83.5 Å². The molecule has 1 unspecified atom stereocenters. The zero-order chi connectivity index (χ0) is 12.5. The smallest absolute Gasteiger partial charge is 0.317 e. The second-order valence-corrected chi connectivity index (χ2v) is 6.05. The predicted molar refractivity (Wildman–Crippen MR) is 61.5 cm³/mol. The highest BCUT2D eigenvalue weighted by molar-refractivity contribution is 7.91. The van der Waals surface area contributed by atoms with Crippen molar-refractivity contribution in [3.05, 3.63) is 29.8 Å². The number of hydrogen-bond acceptors (Lipinski definition) is 4. The largest absolute Gasteiger partial charge is 0.480 e. The van der Waals surface area contributed by atoms with Crippen LogP contribution >= 0.6 is 0 Å². The molecule has 1 aliphatic heterocycles. The Morgan fingerprint density at radius 2 is 2.12 bits per heavy atom. The van der Waals surface area contributed by atoms with Gasteiger partial charge in [-0.1, -0.05) is 18.2 Å². The van der Waals surface area contributed by atoms with E-state index < -0.39 is 15.8 Å². The average molecular weight is 255 g/mol. The van der Waals surface area contributed by atoms with E-state index in [0.29, 0.717) is 16.9 Å². The zero-order valence-electron chi connectivity index (χ0n) is 9.09. The van der Waals surface area contributed by atoms with E-state index in [1.54, 1.807) is 24.3 Å². The molecule has 6 heteroatoms. The van der Waals surface area contributed by atoms with E-state index in [4.69, 9.17) is 5.11 Å². The Morgan fingerprint density at radius 3 is 2.82 bits per heavy atom. The number of rotatable bonds is 3. The van der Waals surface area contributed by atoms with Crippen molar-refractivity contribution in [3.63, 3.8) is 0 Å². The van der Waals surface area contributed by atoms with Gasteiger partial charge in [0.05, 0.1) is 17.2 Å². The van der Waals surface area contributed by atoms with Gasteiger partial charge < -0.3 is 5.11 Å². The van der Waals surface area contributed by atoms with Crippen LogP contribution < -0.4 is 5.32 Å². The summed E-state index contributed by atoms with van der Waals surface area (Å²) in [4.78, 5) is 10.8. The lowest BCUT2D eigenvalue weighted by molar-refractivity contribution is -0.136. The molecule has 0 spiro atoms. The molecule has 1 aromatic carbocycles. The summed E-state index contributed by atoms with van der Waals surface area (Å²) in [6.07, 6.45) is 0.409. The average Bonchev–Trinajstić information content (AvgIpc) is 2.28. The van der Waals surface area contributed by atoms with Crippen molar-refractivity contribution in [2.45, 2.75) is 17.4 Å². The number of carboxylic acids is 1. The first-order valence-corrected chi connectivity index (χ1v) is 6.93. The first-order chi connectivity index (χ1) is 8.00. The highest BCUT2D eigenvalue weighted by Gasteiger charge is 2.29. The maximum atomic E-state index is 11.8. The quantitative estimate of drug-likeness (QED) is 0.825. The van der Waals surface area contributed by atoms with Crippen LogP contribution in [0.25, 0.3) is 0 Å². The Morgan fingerprint density at radius 1 is 1.41 bits per heavy atom. The maximum Gasteiger partial charge on any atom is 0.317 e. The second-order valence-electron chi connectivity index (χ2n) is 3.97. The number of nitrogens with one attached hydrogen (secondary N) is 1. The van der Waals surface area contributed by atoms with E-state index in [-0.39, 0.29) is 18.3 Å². The Labute approximate surface area is 99.4 Å². The van der Waals surface area contributed by atoms with Crippen LogP contribution in [0.15, 0.2) is 29.2 Å². The van der Waals surface area contributed by atoms with Gasteiger partial charge in [-0.2, -0.15) is 0 Å². The molecule has 5 nitrogen and oxygen atoms in total. The summed E-state index contributed by atoms with van der Waals surface area (Å²) in [5.74, 6) is -0.891. The van der Waals surface area contributed by atoms with Gasteiger partial charge in [0.2, 0.25) is 0 Å². The standard InChI is InChI=1S/C11H13NO4S/c13-11(14)7-12-9-5-6-17(15,16)10-4-2-1-3-8(9)10/h1-4,9,12H,5-7H2,(H,13,14). The summed E-state index contributed by atoms with van der Waals surface area (Å²) in [5, 5.41) is 11.5. The molecule has 0 saturated carbocycles. The van der Waals surface area contributed by atoms with Crippen LogP contribution in [0.4, 0.5) is 0 Å². The molecule has 0 saturated heterocycles. The minimum Gasteiger partial charge on any atom is -0.480 e. The van der Waals surface area contributed by atoms with E-state index in [1.807, 2.05) is 0 Å². The van der Waals surface area contributed by atoms with Gasteiger partial charge in [-0.15, -0.1) is 0 Å². The summed E-state index contributed by atoms with van der Waals surface area (Å²) in [6, 6.07) is 6.53. The van der Waals surface area contributed by atoms with Gasteiger partial charge in [-0.05, 0) is 18.1 Å². The fourth-order valence-electron chi connectivity index (χ4n) is 2.01. The summed E-state index contributed by atoms with van der Waals surface area (Å²) < 4.78 is 23.6. The first-order valence-electron chi connectivity index (χ1n) is 5.27. The molecule has 0 aromatic heterocycles. The summed E-state index contributed by atoms with van der Waals surface area (Å²) in [6.45, 7) is -0.168. The molecule has 0 radical (unpaired) electrons. The highest BCUT2D eigenvalue weighted by atomic mass is 32.2. The fraction of sp³-hybridized carbons (Fsp3) is 0.364. The van der Waals surface area contributed by atoms with Gasteiger partial charge in [0.15, 0.2) is 9.84 Å². The van der Waals surface area contributed by atoms with Crippen molar-refractivity contribution in [2.24, 2.45) is 0 Å². The molecule has 17 heavy (non-hydrogen) atoms. The molecular weight excluding hydrogens is 242 g/mol. The Bertz CT molecular complexity index is 538. The Kier molecular flexibility index (Phi) is 3.17. The second kappa shape index (κ2) is 4.46. The van der Waals surface area contributed by atoms with Crippen molar-refractivity contribution in [2.75, 3.05) is 12.3 Å². The number of carboxylic acid groups (broad SMARTS) is 1. The molecule has 0 fully saturated rings. The third kappa shape index (κ3) is 2.48. The Balaban J connectivity index is 2.32. The van der Waals surface area contributed by atoms with Gasteiger partial charge >= 0.3 is 5.97 Å². The number of sulfone groups is 1. The van der Waals surface area contributed by atoms with Gasteiger partial charge in [0, 0.05) is 6.04 Å². The summed E-state index contributed by atoms with van der Waals surface area (Å²) in [5.41, 5.74) is 0.667. The zero-order valence-corrected chi connectivity index (χ0v) is 9.90. The molecule has 0 aliphatic carbocycles. The minimum atomic E-state index is -3.20. The molecule has 1 heterocycles. The Hall–Kier alpha value is -1.40. The van der Waals surface area contributed by atoms with E-state index in [1.165, 1.54) is 0 Å². The van der Waals surface area contributed by atoms with Crippen molar-refractivity contribution < 1.29 is 18.3 Å². The molecule has 1 aromatic rings. The van der Waals surface area contributed by atoms with E-state index in [2.05, 4.69) is 5.32 Å². The molecule has 92 valence electrons. The van der Waals surface area contributed by atoms with Crippen LogP contribution in [0, 0.1) is 0 Å². The number of fused-ring (bicyclic) bond motifs is 1. The molecule has 1 atom stereocenters. The number of benzene rings is 1. The van der Waals surface area contributed by atoms with Crippen LogP contribution in [0.3, 0.4) is 0 Å². The van der Waals surface area contributed by atoms with Crippen molar-refractivity contribution in [1.29, 1.82) is 0 Å². The lowest BCUT2D eigenvalue weighted by Crippen LogP contribution is -2.32. The minimum absolute atomic E-state index is 0.0568. The summed E-state index contributed by atoms with van der Waals surface area (Å²) >= 11 is 0. The van der Waals surface area contributed by atoms with Gasteiger partial charge in [0.1, 0.15) is 0 Å². The number of hydrogen-bond donors (Lipinski definition) is 2. The molecule has 0 amide bonds. The normalized spacial score (nSPS) is 21.8. The third-order valence-electron chi connectivity index (χ3n) is 2.80. The van der Waals surface area contributed by atoms with Gasteiger partial charge in [-0.25, -0.2) is 8.42 Å². The molecule has 2 N–H and O–H groups in total. The van der Waals surface area contributed by atoms with Crippen molar-refractivity contribution in [1.82, 2.24) is 5.32 Å². The molecular formula is C11H13NO4S. The maximum absolute atomic E-state index is 11.8. The van der Waals surface area contributed by atoms with Gasteiger partial charge in [0.25, 0.3) is 0 Å². The monoisotopic (exact) mass is 255 g/mol. The van der Waals surface area contributed by atoms with Crippen LogP contribution in [0.5, 0.6) is 0 Å². The summed E-state index contributed by atoms with van der Waals surface area (Å²) in [7, 11) is -3.20. The van der Waals surface area contributed by atoms with E-state index in [9.17, 15) is 13.2 Å². The first kappa shape index (κ1) is 12.1. The van der Waals surface area contributed by atoms with Crippen LogP contribution in [0.2, 0.25) is 0 Å². The highest BCUT2D eigenvalue weighted by Crippen LogP contribution is 2.31. The SMILES string of the molecule is O=C(O)CNC1CCS(=O)(=O)c2ccccc21. The fourth-order valence-corrected chi connectivity index (χ4v) is 3.63. The van der Waals surface area contributed by atoms with Crippen LogP contribution in [-0.4, -0.2) is 31.8 Å². The molecule has 2 rings (SSSR count). The van der Waals surface area contributed by atoms with Crippen molar-refractivity contribution in [3.8, 4) is 0 Å². The van der Waals surface area contributed by atoms with Crippen molar-refractivity contribution >= 4 is 15.8 Å². The van der Waals surface area contributed by atoms with Crippen LogP contribution in [0.1, 0.15) is 18.0 Å². The van der Waals surface area contributed by atoms with E-state index in [0.717, 1.165) is 0 Å². The lowest BCUT2D eigenvalue weighted by Gasteiger charge is -2.25. The van der Waals surface area contributed by atoms with E-state index >= 15 is 0 Å². The number of aliphatic carboxylic acids is 1. The molecule has 0 bridgehead atoms. The predicted octanol–water partition coefficient (Wildman–Crippen LogP) is 0.579. The lowest BCUT2D eigenvalue weighted by atomic mass is 10.0. The third-order valence-corrected chi connectivity index (χ3v) is 4.62. The number of carbonyl (C=O) groups is 1. The van der Waals surface area contributed by atoms with Crippen LogP contribution in [-0.2, 0) is 14.6 Å².